The quantitative estimate of drug-likeness (QED) is 0.489. The van der Waals surface area contributed by atoms with Crippen LogP contribution in [0.25, 0.3) is 0 Å². The van der Waals surface area contributed by atoms with Gasteiger partial charge in [-0.2, -0.15) is 5.10 Å². The van der Waals surface area contributed by atoms with Crippen LogP contribution in [0.1, 0.15) is 44.1 Å². The molecule has 3 N–H and O–H groups in total. The highest BCUT2D eigenvalue weighted by Gasteiger charge is 2.14. The molecule has 24 heavy (non-hydrogen) atoms. The highest BCUT2D eigenvalue weighted by Crippen LogP contribution is 2.14. The van der Waals surface area contributed by atoms with Gasteiger partial charge in [-0.05, 0) is 46.1 Å². The number of nitrogens with zero attached hydrogens (tertiary/aromatic N) is 3. The topological polar surface area (TPSA) is 83.3 Å². The maximum absolute atomic E-state index is 11.7. The van der Waals surface area contributed by atoms with Crippen LogP contribution in [0.3, 0.4) is 0 Å². The van der Waals surface area contributed by atoms with E-state index < -0.39 is 0 Å². The molecule has 1 amide bonds. The second-order valence-corrected chi connectivity index (χ2v) is 6.07. The van der Waals surface area contributed by atoms with Crippen molar-refractivity contribution in [3.8, 4) is 0 Å². The summed E-state index contributed by atoms with van der Waals surface area (Å²) in [7, 11) is 1.96. The van der Waals surface area contributed by atoms with Crippen LogP contribution in [0.5, 0.6) is 0 Å². The Hall–Kier alpha value is -2.05. The fourth-order valence-electron chi connectivity index (χ4n) is 2.49. The van der Waals surface area contributed by atoms with E-state index in [-0.39, 0.29) is 18.5 Å². The van der Waals surface area contributed by atoms with Gasteiger partial charge in [-0.15, -0.1) is 0 Å². The number of rotatable bonds is 8. The second kappa shape index (κ2) is 9.95. The lowest BCUT2D eigenvalue weighted by Crippen LogP contribution is -2.43. The van der Waals surface area contributed by atoms with E-state index in [0.29, 0.717) is 12.5 Å². The second-order valence-electron chi connectivity index (χ2n) is 6.07. The Morgan fingerprint density at radius 1 is 1.29 bits per heavy atom. The van der Waals surface area contributed by atoms with Crippen LogP contribution in [0, 0.1) is 13.8 Å². The Morgan fingerprint density at radius 2 is 2.00 bits per heavy atom. The normalized spacial score (nSPS) is 12.8. The van der Waals surface area contributed by atoms with Crippen LogP contribution in [0.2, 0.25) is 0 Å². The first-order valence-electron chi connectivity index (χ1n) is 8.69. The standard InChI is InChI=1S/C17H32N6O/c1-7-9-19-16(24)11-20-17(18-8-2)21-12(3)10-15-13(4)22-23(6)14(15)5/h12H,7-11H2,1-6H3,(H,19,24)(H2,18,20,21). The van der Waals surface area contributed by atoms with Crippen molar-refractivity contribution in [2.45, 2.75) is 53.5 Å². The number of nitrogens with one attached hydrogen (secondary N) is 3. The van der Waals surface area contributed by atoms with Gasteiger partial charge < -0.3 is 16.0 Å². The van der Waals surface area contributed by atoms with Crippen LogP contribution in [0.4, 0.5) is 0 Å². The number of guanidine groups is 1. The molecule has 0 radical (unpaired) electrons. The van der Waals surface area contributed by atoms with Gasteiger partial charge in [-0.3, -0.25) is 9.48 Å². The van der Waals surface area contributed by atoms with Crippen LogP contribution < -0.4 is 16.0 Å². The molecule has 0 aliphatic carbocycles. The van der Waals surface area contributed by atoms with Gasteiger partial charge in [0.15, 0.2) is 5.96 Å². The van der Waals surface area contributed by atoms with Gasteiger partial charge in [0.1, 0.15) is 6.54 Å². The van der Waals surface area contributed by atoms with E-state index in [1.807, 2.05) is 32.5 Å². The van der Waals surface area contributed by atoms with Gasteiger partial charge in [0, 0.05) is 31.9 Å². The van der Waals surface area contributed by atoms with E-state index >= 15 is 0 Å². The summed E-state index contributed by atoms with van der Waals surface area (Å²) in [6.45, 7) is 11.8. The molecule has 0 bridgehead atoms. The summed E-state index contributed by atoms with van der Waals surface area (Å²) >= 11 is 0. The molecule has 0 fully saturated rings. The van der Waals surface area contributed by atoms with Gasteiger partial charge >= 0.3 is 0 Å². The fraction of sp³-hybridized carbons (Fsp3) is 0.706. The minimum absolute atomic E-state index is 0.0549. The summed E-state index contributed by atoms with van der Waals surface area (Å²) < 4.78 is 1.91. The molecule has 136 valence electrons. The van der Waals surface area contributed by atoms with Gasteiger partial charge in [0.25, 0.3) is 0 Å². The van der Waals surface area contributed by atoms with Crippen molar-refractivity contribution in [1.82, 2.24) is 25.7 Å². The third-order valence-electron chi connectivity index (χ3n) is 3.85. The fourth-order valence-corrected chi connectivity index (χ4v) is 2.49. The average Bonchev–Trinajstić information content (AvgIpc) is 2.77. The van der Waals surface area contributed by atoms with Crippen molar-refractivity contribution >= 4 is 11.9 Å². The lowest BCUT2D eigenvalue weighted by molar-refractivity contribution is -0.119. The Bertz CT molecular complexity index is 564. The SMILES string of the molecule is CCCNC(=O)CN=C(NCC)NC(C)Cc1c(C)nn(C)c1C. The predicted molar refractivity (Wildman–Crippen MR) is 98.3 cm³/mol. The Labute approximate surface area is 145 Å². The molecule has 7 nitrogen and oxygen atoms in total. The molecule has 0 aromatic carbocycles. The van der Waals surface area contributed by atoms with E-state index in [0.717, 1.165) is 25.1 Å². The number of carbonyl (C=O) groups excluding carboxylic acids is 1. The smallest absolute Gasteiger partial charge is 0.241 e. The summed E-state index contributed by atoms with van der Waals surface area (Å²) in [4.78, 5) is 16.1. The monoisotopic (exact) mass is 336 g/mol. The minimum atomic E-state index is -0.0549. The lowest BCUT2D eigenvalue weighted by Gasteiger charge is -2.18. The largest absolute Gasteiger partial charge is 0.357 e. The van der Waals surface area contributed by atoms with Crippen molar-refractivity contribution in [3.05, 3.63) is 17.0 Å². The minimum Gasteiger partial charge on any atom is -0.357 e. The van der Waals surface area contributed by atoms with Gasteiger partial charge in [-0.25, -0.2) is 4.99 Å². The van der Waals surface area contributed by atoms with Crippen molar-refractivity contribution in [3.63, 3.8) is 0 Å². The molecule has 0 saturated carbocycles. The maximum atomic E-state index is 11.7. The summed E-state index contributed by atoms with van der Waals surface area (Å²) in [6.07, 6.45) is 1.78. The summed E-state index contributed by atoms with van der Waals surface area (Å²) in [6, 6.07) is 0.183. The van der Waals surface area contributed by atoms with Crippen molar-refractivity contribution in [2.75, 3.05) is 19.6 Å². The predicted octanol–water partition coefficient (Wildman–Crippen LogP) is 1.05. The summed E-state index contributed by atoms with van der Waals surface area (Å²) in [5, 5.41) is 13.8. The van der Waals surface area contributed by atoms with E-state index in [1.165, 1.54) is 11.3 Å². The number of aryl methyl sites for hydroxylation is 2. The van der Waals surface area contributed by atoms with Gasteiger partial charge in [-0.1, -0.05) is 6.92 Å². The molecule has 0 spiro atoms. The molecule has 0 aliphatic heterocycles. The van der Waals surface area contributed by atoms with Crippen LogP contribution in [0.15, 0.2) is 4.99 Å². The zero-order valence-electron chi connectivity index (χ0n) is 15.9. The number of hydrogen-bond acceptors (Lipinski definition) is 3. The van der Waals surface area contributed by atoms with Crippen molar-refractivity contribution in [1.29, 1.82) is 0 Å². The Kier molecular flexibility index (Phi) is 8.29. The third kappa shape index (κ3) is 6.22. The number of amides is 1. The summed E-state index contributed by atoms with van der Waals surface area (Å²) in [5.74, 6) is 0.608. The van der Waals surface area contributed by atoms with Gasteiger partial charge in [0.05, 0.1) is 5.69 Å². The molecule has 1 unspecified atom stereocenters. The van der Waals surface area contributed by atoms with E-state index in [9.17, 15) is 4.79 Å². The first-order valence-corrected chi connectivity index (χ1v) is 8.69. The molecule has 7 heteroatoms. The lowest BCUT2D eigenvalue weighted by atomic mass is 10.1. The molecule has 1 atom stereocenters. The average molecular weight is 336 g/mol. The van der Waals surface area contributed by atoms with Crippen LogP contribution in [-0.2, 0) is 18.3 Å². The zero-order chi connectivity index (χ0) is 18.1. The molecule has 1 rings (SSSR count). The van der Waals surface area contributed by atoms with Crippen LogP contribution in [-0.4, -0.2) is 47.3 Å². The third-order valence-corrected chi connectivity index (χ3v) is 3.85. The first-order chi connectivity index (χ1) is 11.4. The Balaban J connectivity index is 2.64. The Morgan fingerprint density at radius 3 is 2.54 bits per heavy atom. The number of aliphatic imine (C=N–C) groups is 1. The molecule has 0 aliphatic rings. The van der Waals surface area contributed by atoms with E-state index in [1.54, 1.807) is 0 Å². The van der Waals surface area contributed by atoms with Crippen molar-refractivity contribution in [2.24, 2.45) is 12.0 Å². The maximum Gasteiger partial charge on any atom is 0.241 e. The molecular formula is C17H32N6O. The molecule has 1 aromatic heterocycles. The zero-order valence-corrected chi connectivity index (χ0v) is 15.9. The molecule has 0 saturated heterocycles. The number of hydrogen-bond donors (Lipinski definition) is 3. The molecule has 1 heterocycles. The first kappa shape index (κ1) is 20.0. The highest BCUT2D eigenvalue weighted by atomic mass is 16.1. The number of carbonyl (C=O) groups is 1. The van der Waals surface area contributed by atoms with E-state index in [2.05, 4.69) is 39.9 Å². The highest BCUT2D eigenvalue weighted by molar-refractivity contribution is 5.85. The van der Waals surface area contributed by atoms with Crippen molar-refractivity contribution < 1.29 is 4.79 Å². The summed E-state index contributed by atoms with van der Waals surface area (Å²) in [5.41, 5.74) is 3.50. The van der Waals surface area contributed by atoms with Crippen LogP contribution >= 0.6 is 0 Å². The molecular weight excluding hydrogens is 304 g/mol. The number of aromatic nitrogens is 2. The van der Waals surface area contributed by atoms with Gasteiger partial charge in [0.2, 0.25) is 5.91 Å². The van der Waals surface area contributed by atoms with E-state index in [4.69, 9.17) is 0 Å². The molecule has 1 aromatic rings.